The van der Waals surface area contributed by atoms with Gasteiger partial charge in [-0.3, -0.25) is 4.79 Å². The Labute approximate surface area is 186 Å². The highest BCUT2D eigenvalue weighted by molar-refractivity contribution is 7.89. The zero-order valence-electron chi connectivity index (χ0n) is 18.1. The van der Waals surface area contributed by atoms with E-state index in [0.29, 0.717) is 44.2 Å². The minimum absolute atomic E-state index is 0.0241. The summed E-state index contributed by atoms with van der Waals surface area (Å²) in [5.41, 5.74) is 0.603. The molecule has 1 fully saturated rings. The molecule has 0 aliphatic carbocycles. The molecule has 0 atom stereocenters. The van der Waals surface area contributed by atoms with Gasteiger partial charge in [-0.05, 0) is 24.5 Å². The summed E-state index contributed by atoms with van der Waals surface area (Å²) in [6, 6.07) is 9.06. The van der Waals surface area contributed by atoms with Gasteiger partial charge >= 0.3 is 12.1 Å². The van der Waals surface area contributed by atoms with Crippen LogP contribution in [0.25, 0.3) is 0 Å². The van der Waals surface area contributed by atoms with Crippen LogP contribution in [0.5, 0.6) is 0 Å². The summed E-state index contributed by atoms with van der Waals surface area (Å²) in [5, 5.41) is 10.3. The van der Waals surface area contributed by atoms with E-state index in [4.69, 9.17) is 9.90 Å². The molecule has 0 radical (unpaired) electrons. The first-order valence-electron chi connectivity index (χ1n) is 10.2. The molecule has 1 amide bonds. The number of carbonyl (C=O) groups excluding carboxylic acids is 1. The number of piperazine rings is 1. The van der Waals surface area contributed by atoms with Crippen molar-refractivity contribution < 1.29 is 36.3 Å². The Morgan fingerprint density at radius 1 is 1.12 bits per heavy atom. The standard InChI is InChI=1S/C18H29N3O3S.C2HF3O2/c1-16(2)8-11-20(18(22)17-6-4-3-5-7-17)14-15-25(23,24)21-12-9-19-10-13-21;3-2(4,5)1(6)7/h3-7,16,19H,8-15H2,1-2H3;(H,6,7). The van der Waals surface area contributed by atoms with Gasteiger partial charge in [-0.25, -0.2) is 13.2 Å². The maximum Gasteiger partial charge on any atom is 0.490 e. The van der Waals surface area contributed by atoms with Crippen molar-refractivity contribution in [2.45, 2.75) is 26.4 Å². The van der Waals surface area contributed by atoms with Crippen LogP contribution in [-0.4, -0.2) is 85.8 Å². The Kier molecular flexibility index (Phi) is 11.1. The smallest absolute Gasteiger partial charge is 0.475 e. The summed E-state index contributed by atoms with van der Waals surface area (Å²) in [6.45, 7) is 7.36. The van der Waals surface area contributed by atoms with Crippen LogP contribution in [0.1, 0.15) is 30.6 Å². The molecule has 1 saturated heterocycles. The number of nitrogens with zero attached hydrogens (tertiary/aromatic N) is 2. The number of aliphatic carboxylic acids is 1. The second kappa shape index (κ2) is 12.8. The van der Waals surface area contributed by atoms with Crippen LogP contribution in [0.3, 0.4) is 0 Å². The zero-order chi connectivity index (χ0) is 24.4. The quantitative estimate of drug-likeness (QED) is 0.589. The minimum Gasteiger partial charge on any atom is -0.475 e. The molecule has 1 aromatic carbocycles. The largest absolute Gasteiger partial charge is 0.490 e. The molecule has 1 aromatic rings. The molecule has 32 heavy (non-hydrogen) atoms. The molecular weight excluding hydrogens is 451 g/mol. The first kappa shape index (κ1) is 27.9. The monoisotopic (exact) mass is 481 g/mol. The Balaban J connectivity index is 0.000000633. The summed E-state index contributed by atoms with van der Waals surface area (Å²) >= 11 is 0. The maximum atomic E-state index is 12.8. The molecule has 0 aromatic heterocycles. The van der Waals surface area contributed by atoms with Crippen LogP contribution in [0.4, 0.5) is 13.2 Å². The number of rotatable bonds is 8. The average Bonchev–Trinajstić information content (AvgIpc) is 2.74. The number of carboxylic acid groups (broad SMARTS) is 1. The third kappa shape index (κ3) is 9.96. The lowest BCUT2D eigenvalue weighted by molar-refractivity contribution is -0.192. The highest BCUT2D eigenvalue weighted by atomic mass is 32.2. The Hall–Kier alpha value is -2.18. The van der Waals surface area contributed by atoms with E-state index in [1.54, 1.807) is 17.0 Å². The van der Waals surface area contributed by atoms with E-state index in [1.807, 2.05) is 18.2 Å². The van der Waals surface area contributed by atoms with E-state index in [1.165, 1.54) is 4.31 Å². The molecule has 1 aliphatic rings. The molecule has 0 unspecified atom stereocenters. The van der Waals surface area contributed by atoms with E-state index in [0.717, 1.165) is 6.42 Å². The second-order valence-electron chi connectivity index (χ2n) is 7.61. The number of amides is 1. The van der Waals surface area contributed by atoms with Gasteiger partial charge in [-0.1, -0.05) is 32.0 Å². The molecular formula is C20H30F3N3O5S. The van der Waals surface area contributed by atoms with Crippen LogP contribution in [0.15, 0.2) is 30.3 Å². The Morgan fingerprint density at radius 2 is 1.66 bits per heavy atom. The first-order chi connectivity index (χ1) is 14.8. The molecule has 1 aliphatic heterocycles. The average molecular weight is 482 g/mol. The van der Waals surface area contributed by atoms with Crippen molar-refractivity contribution in [1.82, 2.24) is 14.5 Å². The van der Waals surface area contributed by atoms with Gasteiger partial charge in [0, 0.05) is 44.8 Å². The third-order valence-electron chi connectivity index (χ3n) is 4.62. The van der Waals surface area contributed by atoms with Crippen molar-refractivity contribution in [2.75, 3.05) is 45.0 Å². The Bertz CT molecular complexity index is 827. The predicted octanol–water partition coefficient (Wildman–Crippen LogP) is 2.04. The Morgan fingerprint density at radius 3 is 2.12 bits per heavy atom. The first-order valence-corrected chi connectivity index (χ1v) is 11.8. The van der Waals surface area contributed by atoms with Crippen molar-refractivity contribution >= 4 is 21.9 Å². The van der Waals surface area contributed by atoms with E-state index in [2.05, 4.69) is 19.2 Å². The van der Waals surface area contributed by atoms with Gasteiger partial charge in [-0.2, -0.15) is 17.5 Å². The number of hydrogen-bond acceptors (Lipinski definition) is 5. The molecule has 0 saturated carbocycles. The van der Waals surface area contributed by atoms with Crippen LogP contribution >= 0.6 is 0 Å². The number of nitrogens with one attached hydrogen (secondary N) is 1. The van der Waals surface area contributed by atoms with Crippen molar-refractivity contribution in [3.05, 3.63) is 35.9 Å². The van der Waals surface area contributed by atoms with Gasteiger partial charge in [0.15, 0.2) is 0 Å². The number of carbonyl (C=O) groups is 2. The van der Waals surface area contributed by atoms with Gasteiger partial charge in [-0.15, -0.1) is 0 Å². The molecule has 12 heteroatoms. The van der Waals surface area contributed by atoms with Gasteiger partial charge in [0.25, 0.3) is 5.91 Å². The summed E-state index contributed by atoms with van der Waals surface area (Å²) in [4.78, 5) is 23.3. The van der Waals surface area contributed by atoms with Crippen LogP contribution in [-0.2, 0) is 14.8 Å². The molecule has 182 valence electrons. The topological polar surface area (TPSA) is 107 Å². The summed E-state index contributed by atoms with van der Waals surface area (Å²) < 4.78 is 58.4. The maximum absolute atomic E-state index is 12.8. The highest BCUT2D eigenvalue weighted by Gasteiger charge is 2.38. The van der Waals surface area contributed by atoms with Crippen molar-refractivity contribution in [3.63, 3.8) is 0 Å². The minimum atomic E-state index is -5.08. The number of carboxylic acids is 1. The molecule has 2 N–H and O–H groups in total. The number of hydrogen-bond donors (Lipinski definition) is 2. The van der Waals surface area contributed by atoms with E-state index in [9.17, 15) is 26.4 Å². The molecule has 8 nitrogen and oxygen atoms in total. The summed E-state index contributed by atoms with van der Waals surface area (Å²) in [7, 11) is -3.33. The fourth-order valence-corrected chi connectivity index (χ4v) is 4.22. The SMILES string of the molecule is CC(C)CCN(CCS(=O)(=O)N1CCNCC1)C(=O)c1ccccc1.O=C(O)C(F)(F)F. The van der Waals surface area contributed by atoms with Crippen LogP contribution in [0, 0.1) is 5.92 Å². The van der Waals surface area contributed by atoms with Crippen molar-refractivity contribution in [2.24, 2.45) is 5.92 Å². The fraction of sp³-hybridized carbons (Fsp3) is 0.600. The fourth-order valence-electron chi connectivity index (χ4n) is 2.77. The van der Waals surface area contributed by atoms with Gasteiger partial charge < -0.3 is 15.3 Å². The number of alkyl halides is 3. The number of sulfonamides is 1. The summed E-state index contributed by atoms with van der Waals surface area (Å²) in [5.74, 6) is -2.43. The van der Waals surface area contributed by atoms with E-state index < -0.39 is 22.2 Å². The zero-order valence-corrected chi connectivity index (χ0v) is 19.0. The lowest BCUT2D eigenvalue weighted by atomic mass is 10.1. The molecule has 0 spiro atoms. The van der Waals surface area contributed by atoms with Crippen LogP contribution in [0.2, 0.25) is 0 Å². The van der Waals surface area contributed by atoms with Gasteiger partial charge in [0.05, 0.1) is 5.75 Å². The lowest BCUT2D eigenvalue weighted by Crippen LogP contribution is -2.48. The van der Waals surface area contributed by atoms with Crippen molar-refractivity contribution in [1.29, 1.82) is 0 Å². The van der Waals surface area contributed by atoms with Crippen LogP contribution < -0.4 is 5.32 Å². The van der Waals surface area contributed by atoms with Crippen molar-refractivity contribution in [3.8, 4) is 0 Å². The van der Waals surface area contributed by atoms with Gasteiger partial charge in [0.2, 0.25) is 10.0 Å². The predicted molar refractivity (Wildman–Crippen MR) is 114 cm³/mol. The number of benzene rings is 1. The lowest BCUT2D eigenvalue weighted by Gasteiger charge is -2.29. The normalized spacial score (nSPS) is 15.1. The van der Waals surface area contributed by atoms with E-state index in [-0.39, 0.29) is 18.2 Å². The number of halogens is 3. The van der Waals surface area contributed by atoms with Gasteiger partial charge in [0.1, 0.15) is 0 Å². The second-order valence-corrected chi connectivity index (χ2v) is 9.70. The van der Waals surface area contributed by atoms with E-state index >= 15 is 0 Å². The summed E-state index contributed by atoms with van der Waals surface area (Å²) in [6.07, 6.45) is -4.23. The molecule has 0 bridgehead atoms. The third-order valence-corrected chi connectivity index (χ3v) is 6.47. The molecule has 1 heterocycles. The molecule has 2 rings (SSSR count). The highest BCUT2D eigenvalue weighted by Crippen LogP contribution is 2.13.